The van der Waals surface area contributed by atoms with Gasteiger partial charge in [0.1, 0.15) is 23.0 Å². The predicted octanol–water partition coefficient (Wildman–Crippen LogP) is 4.31. The third-order valence-electron chi connectivity index (χ3n) is 6.32. The second-order valence-electron chi connectivity index (χ2n) is 10.4. The topological polar surface area (TPSA) is 91.7 Å². The van der Waals surface area contributed by atoms with Gasteiger partial charge in [-0.1, -0.05) is 32.5 Å². The van der Waals surface area contributed by atoms with Gasteiger partial charge < -0.3 is 14.4 Å². The first kappa shape index (κ1) is 27.4. The fourth-order valence-corrected chi connectivity index (χ4v) is 5.02. The predicted molar refractivity (Wildman–Crippen MR) is 138 cm³/mol. The van der Waals surface area contributed by atoms with E-state index in [4.69, 9.17) is 0 Å². The number of aromatic amines is 1. The Balaban J connectivity index is 1.32. The zero-order valence-corrected chi connectivity index (χ0v) is 22.7. The van der Waals surface area contributed by atoms with Gasteiger partial charge in [-0.2, -0.15) is 18.3 Å². The van der Waals surface area contributed by atoms with Gasteiger partial charge in [0.15, 0.2) is 11.0 Å². The van der Waals surface area contributed by atoms with E-state index < -0.39 is 17.3 Å². The molecule has 1 saturated heterocycles. The number of hydrogen-bond acceptors (Lipinski definition) is 8. The quantitative estimate of drug-likeness (QED) is 0.352. The second-order valence-corrected chi connectivity index (χ2v) is 11.4. The fraction of sp³-hybridized carbons (Fsp3) is 0.625. The maximum absolute atomic E-state index is 13.5. The molecule has 1 aliphatic heterocycles. The molecular weight excluding hydrogens is 503 g/mol. The number of alkyl halides is 3. The van der Waals surface area contributed by atoms with Gasteiger partial charge in [0.05, 0.1) is 6.20 Å². The summed E-state index contributed by atoms with van der Waals surface area (Å²) >= 11 is 1.66. The van der Waals surface area contributed by atoms with Crippen LogP contribution in [-0.2, 0) is 18.6 Å². The minimum absolute atomic E-state index is 0.213. The molecule has 0 amide bonds. The van der Waals surface area contributed by atoms with Crippen LogP contribution in [0.25, 0.3) is 11.5 Å². The molecular formula is C24H34F3N9S. The summed E-state index contributed by atoms with van der Waals surface area (Å²) in [5.74, 6) is 2.22. The van der Waals surface area contributed by atoms with Crippen LogP contribution in [0.2, 0.25) is 0 Å². The van der Waals surface area contributed by atoms with Gasteiger partial charge in [-0.25, -0.2) is 9.97 Å². The molecule has 0 spiro atoms. The molecule has 0 radical (unpaired) electrons. The third kappa shape index (κ3) is 6.61. The van der Waals surface area contributed by atoms with Crippen molar-refractivity contribution in [3.8, 4) is 11.5 Å². The average Bonchev–Trinajstić information content (AvgIpc) is 3.31. The lowest BCUT2D eigenvalue weighted by atomic mass is 9.95. The SMILES string of the molecule is Cc1cn[nH]c1-c1nnc(SCCCN2CCCN(c3cc(C(F)(F)F)nc(C(C)(C)C)n3)CC2)n1C. The number of aryl methyl sites for hydroxylation is 1. The molecule has 202 valence electrons. The van der Waals surface area contributed by atoms with Crippen LogP contribution in [0.1, 0.15) is 50.7 Å². The number of rotatable bonds is 7. The average molecular weight is 538 g/mol. The zero-order chi connectivity index (χ0) is 26.8. The number of H-pyrrole nitrogens is 1. The Kier molecular flexibility index (Phi) is 8.12. The Labute approximate surface area is 219 Å². The molecule has 0 atom stereocenters. The summed E-state index contributed by atoms with van der Waals surface area (Å²) in [4.78, 5) is 12.7. The number of halogens is 3. The van der Waals surface area contributed by atoms with Crippen LogP contribution in [0.4, 0.5) is 19.0 Å². The van der Waals surface area contributed by atoms with E-state index in [0.29, 0.717) is 18.9 Å². The van der Waals surface area contributed by atoms with Crippen LogP contribution >= 0.6 is 11.8 Å². The van der Waals surface area contributed by atoms with E-state index in [1.807, 2.05) is 44.2 Å². The summed E-state index contributed by atoms with van der Waals surface area (Å²) in [5.41, 5.74) is 0.437. The van der Waals surface area contributed by atoms with Crippen molar-refractivity contribution in [1.82, 2.24) is 39.8 Å². The third-order valence-corrected chi connectivity index (χ3v) is 7.43. The van der Waals surface area contributed by atoms with Gasteiger partial charge in [-0.15, -0.1) is 10.2 Å². The van der Waals surface area contributed by atoms with Crippen LogP contribution in [0, 0.1) is 6.92 Å². The molecule has 1 aliphatic rings. The van der Waals surface area contributed by atoms with Crippen LogP contribution in [0.5, 0.6) is 0 Å². The molecule has 4 rings (SSSR count). The summed E-state index contributed by atoms with van der Waals surface area (Å²) < 4.78 is 42.5. The lowest BCUT2D eigenvalue weighted by Gasteiger charge is -2.26. The molecule has 1 fully saturated rings. The van der Waals surface area contributed by atoms with E-state index in [-0.39, 0.29) is 5.82 Å². The zero-order valence-electron chi connectivity index (χ0n) is 21.9. The van der Waals surface area contributed by atoms with Crippen molar-refractivity contribution in [1.29, 1.82) is 0 Å². The minimum atomic E-state index is -4.51. The van der Waals surface area contributed by atoms with E-state index in [1.165, 1.54) is 0 Å². The Bertz CT molecular complexity index is 1170. The second kappa shape index (κ2) is 11.0. The first-order valence-corrected chi connectivity index (χ1v) is 13.4. The normalized spacial score (nSPS) is 15.8. The number of anilines is 1. The lowest BCUT2D eigenvalue weighted by molar-refractivity contribution is -0.141. The fourth-order valence-electron chi connectivity index (χ4n) is 4.18. The van der Waals surface area contributed by atoms with Gasteiger partial charge in [0, 0.05) is 43.9 Å². The Morgan fingerprint density at radius 2 is 1.84 bits per heavy atom. The van der Waals surface area contributed by atoms with Gasteiger partial charge in [0.25, 0.3) is 0 Å². The summed E-state index contributed by atoms with van der Waals surface area (Å²) in [7, 11) is 1.95. The van der Waals surface area contributed by atoms with Gasteiger partial charge in [-0.05, 0) is 38.4 Å². The minimum Gasteiger partial charge on any atom is -0.355 e. The highest BCUT2D eigenvalue weighted by molar-refractivity contribution is 7.99. The standard InChI is InChI=1S/C24H34F3N9S/c1-16-15-28-31-19(16)20-32-33-22(34(20)5)37-13-7-9-35-8-6-10-36(12-11-35)18-14-17(24(25,26)27)29-21(30-18)23(2,3)4/h14-15H,6-13H2,1-5H3,(H,28,31). The molecule has 0 bridgehead atoms. The smallest absolute Gasteiger partial charge is 0.355 e. The molecule has 9 nitrogen and oxygen atoms in total. The van der Waals surface area contributed by atoms with Crippen molar-refractivity contribution < 1.29 is 13.2 Å². The molecule has 3 aromatic heterocycles. The molecule has 0 aliphatic carbocycles. The van der Waals surface area contributed by atoms with E-state index in [1.54, 1.807) is 18.0 Å². The highest BCUT2D eigenvalue weighted by Gasteiger charge is 2.35. The van der Waals surface area contributed by atoms with Crippen molar-refractivity contribution in [3.05, 3.63) is 29.3 Å². The highest BCUT2D eigenvalue weighted by Crippen LogP contribution is 2.32. The molecule has 37 heavy (non-hydrogen) atoms. The number of hydrogen-bond donors (Lipinski definition) is 1. The van der Waals surface area contributed by atoms with E-state index in [0.717, 1.165) is 66.5 Å². The van der Waals surface area contributed by atoms with Crippen LogP contribution in [0.3, 0.4) is 0 Å². The summed E-state index contributed by atoms with van der Waals surface area (Å²) in [6.45, 7) is 11.3. The molecule has 13 heteroatoms. The first-order valence-electron chi connectivity index (χ1n) is 12.4. The molecule has 0 unspecified atom stereocenters. The van der Waals surface area contributed by atoms with Crippen molar-refractivity contribution in [2.45, 2.75) is 57.3 Å². The Morgan fingerprint density at radius 1 is 1.05 bits per heavy atom. The Hall–Kier alpha value is -2.67. The summed E-state index contributed by atoms with van der Waals surface area (Å²) in [5, 5.41) is 16.5. The molecule has 4 heterocycles. The molecule has 1 N–H and O–H groups in total. The monoisotopic (exact) mass is 537 g/mol. The maximum atomic E-state index is 13.5. The number of nitrogens with zero attached hydrogens (tertiary/aromatic N) is 8. The van der Waals surface area contributed by atoms with Crippen LogP contribution < -0.4 is 4.90 Å². The summed E-state index contributed by atoms with van der Waals surface area (Å²) in [6, 6.07) is 1.08. The summed E-state index contributed by atoms with van der Waals surface area (Å²) in [6.07, 6.45) is -0.911. The van der Waals surface area contributed by atoms with Crippen molar-refractivity contribution in [2.75, 3.05) is 43.4 Å². The largest absolute Gasteiger partial charge is 0.433 e. The highest BCUT2D eigenvalue weighted by atomic mass is 32.2. The van der Waals surface area contributed by atoms with Gasteiger partial charge >= 0.3 is 6.18 Å². The van der Waals surface area contributed by atoms with Gasteiger partial charge in [0.2, 0.25) is 0 Å². The maximum Gasteiger partial charge on any atom is 0.433 e. The van der Waals surface area contributed by atoms with Crippen molar-refractivity contribution in [2.24, 2.45) is 7.05 Å². The van der Waals surface area contributed by atoms with Crippen molar-refractivity contribution in [3.63, 3.8) is 0 Å². The van der Waals surface area contributed by atoms with Crippen LogP contribution in [-0.4, -0.2) is 78.3 Å². The number of nitrogens with one attached hydrogen (secondary N) is 1. The van der Waals surface area contributed by atoms with Crippen LogP contribution in [0.15, 0.2) is 17.4 Å². The van der Waals surface area contributed by atoms with E-state index in [2.05, 4.69) is 35.3 Å². The Morgan fingerprint density at radius 3 is 2.51 bits per heavy atom. The van der Waals surface area contributed by atoms with Gasteiger partial charge in [-0.3, -0.25) is 5.10 Å². The van der Waals surface area contributed by atoms with Crippen molar-refractivity contribution >= 4 is 17.6 Å². The molecule has 3 aromatic rings. The van der Waals surface area contributed by atoms with E-state index in [9.17, 15) is 13.2 Å². The van der Waals surface area contributed by atoms with E-state index >= 15 is 0 Å². The number of thioether (sulfide) groups is 1. The number of aromatic nitrogens is 7. The lowest BCUT2D eigenvalue weighted by Crippen LogP contribution is -2.33. The first-order chi connectivity index (χ1) is 17.4. The molecule has 0 aromatic carbocycles. The molecule has 0 saturated carbocycles.